The van der Waals surface area contributed by atoms with Crippen molar-refractivity contribution in [2.75, 3.05) is 0 Å². The van der Waals surface area contributed by atoms with E-state index < -0.39 is 5.97 Å². The lowest BCUT2D eigenvalue weighted by molar-refractivity contribution is 0.0697. The van der Waals surface area contributed by atoms with Crippen LogP contribution in [0.15, 0.2) is 45.9 Å². The van der Waals surface area contributed by atoms with Gasteiger partial charge in [-0.25, -0.2) is 4.79 Å². The van der Waals surface area contributed by atoms with Crippen LogP contribution in [0.4, 0.5) is 5.69 Å². The second-order valence-corrected chi connectivity index (χ2v) is 5.26. The molecule has 90 valence electrons. The summed E-state index contributed by atoms with van der Waals surface area (Å²) < 4.78 is 1.04. The van der Waals surface area contributed by atoms with Crippen LogP contribution >= 0.6 is 15.9 Å². The van der Waals surface area contributed by atoms with Crippen LogP contribution in [-0.2, 0) is 0 Å². The summed E-state index contributed by atoms with van der Waals surface area (Å²) in [5, 5.41) is 9.17. The number of rotatable bonds is 1. The minimum Gasteiger partial charge on any atom is -0.478 e. The van der Waals surface area contributed by atoms with Crippen LogP contribution in [0.5, 0.6) is 0 Å². The number of carboxylic acids is 1. The van der Waals surface area contributed by atoms with Gasteiger partial charge < -0.3 is 5.11 Å². The molecule has 0 spiro atoms. The minimum absolute atomic E-state index is 0.179. The van der Waals surface area contributed by atoms with E-state index >= 15 is 0 Å². The van der Waals surface area contributed by atoms with Gasteiger partial charge in [-0.3, -0.25) is 4.99 Å². The lowest BCUT2D eigenvalue weighted by atomic mass is 9.80. The molecule has 2 atom stereocenters. The zero-order valence-corrected chi connectivity index (χ0v) is 11.0. The first-order valence-electron chi connectivity index (χ1n) is 5.63. The van der Waals surface area contributed by atoms with E-state index in [2.05, 4.69) is 33.1 Å². The van der Waals surface area contributed by atoms with Gasteiger partial charge in [0.25, 0.3) is 0 Å². The van der Waals surface area contributed by atoms with Crippen LogP contribution in [0.25, 0.3) is 0 Å². The lowest BCUT2D eigenvalue weighted by Gasteiger charge is -2.27. The number of aliphatic imine (C=N–C) groups is 1. The maximum absolute atomic E-state index is 11.2. The van der Waals surface area contributed by atoms with Gasteiger partial charge >= 0.3 is 5.97 Å². The Bertz CT molecular complexity index is 616. The third-order valence-electron chi connectivity index (χ3n) is 3.26. The Hall–Kier alpha value is -1.68. The highest BCUT2D eigenvalue weighted by molar-refractivity contribution is 9.11. The SMILES string of the molecule is O=C(O)c1cccc2c1N=CC1C=C(Br)C=CC21. The number of nitrogens with zero attached hydrogens (tertiary/aromatic N) is 1. The Morgan fingerprint density at radius 1 is 1.39 bits per heavy atom. The predicted molar refractivity (Wildman–Crippen MR) is 73.9 cm³/mol. The van der Waals surface area contributed by atoms with Gasteiger partial charge in [-0.05, 0) is 11.6 Å². The van der Waals surface area contributed by atoms with Crippen molar-refractivity contribution in [2.45, 2.75) is 5.92 Å². The Morgan fingerprint density at radius 3 is 3.00 bits per heavy atom. The third kappa shape index (κ3) is 1.73. The van der Waals surface area contributed by atoms with E-state index in [1.54, 1.807) is 12.1 Å². The maximum atomic E-state index is 11.2. The highest BCUT2D eigenvalue weighted by Crippen LogP contribution is 2.42. The van der Waals surface area contributed by atoms with Crippen molar-refractivity contribution in [3.05, 3.63) is 52.0 Å². The average molecular weight is 304 g/mol. The molecule has 0 aromatic heterocycles. The van der Waals surface area contributed by atoms with E-state index in [-0.39, 0.29) is 17.4 Å². The van der Waals surface area contributed by atoms with Crippen molar-refractivity contribution in [3.8, 4) is 0 Å². The first-order chi connectivity index (χ1) is 8.66. The standard InChI is InChI=1S/C14H10BrNO2/c15-9-4-5-10-8(6-9)7-16-13-11(10)2-1-3-12(13)14(17)18/h1-8,10H,(H,17,18). The van der Waals surface area contributed by atoms with E-state index in [1.807, 2.05) is 18.4 Å². The molecule has 1 N–H and O–H groups in total. The minimum atomic E-state index is -0.932. The molecule has 0 saturated carbocycles. The van der Waals surface area contributed by atoms with Crippen LogP contribution in [0.1, 0.15) is 21.8 Å². The molecule has 0 radical (unpaired) electrons. The summed E-state index contributed by atoms with van der Waals surface area (Å²) in [6.45, 7) is 0. The zero-order valence-electron chi connectivity index (χ0n) is 9.38. The number of halogens is 1. The average Bonchev–Trinajstić information content (AvgIpc) is 2.37. The molecule has 1 aliphatic carbocycles. The quantitative estimate of drug-likeness (QED) is 0.861. The third-order valence-corrected chi connectivity index (χ3v) is 3.79. The Balaban J connectivity index is 2.15. The fourth-order valence-electron chi connectivity index (χ4n) is 2.42. The first-order valence-corrected chi connectivity index (χ1v) is 6.42. The van der Waals surface area contributed by atoms with E-state index in [9.17, 15) is 4.79 Å². The summed E-state index contributed by atoms with van der Waals surface area (Å²) in [4.78, 5) is 15.5. The Labute approximate surface area is 113 Å². The van der Waals surface area contributed by atoms with Crippen LogP contribution in [-0.4, -0.2) is 17.3 Å². The fraction of sp³-hybridized carbons (Fsp3) is 0.143. The molecule has 1 aromatic carbocycles. The van der Waals surface area contributed by atoms with Crippen molar-refractivity contribution in [3.63, 3.8) is 0 Å². The van der Waals surface area contributed by atoms with Crippen molar-refractivity contribution in [1.29, 1.82) is 0 Å². The number of carbonyl (C=O) groups is 1. The van der Waals surface area contributed by atoms with Crippen LogP contribution in [0.3, 0.4) is 0 Å². The lowest BCUT2D eigenvalue weighted by Crippen LogP contribution is -2.17. The molecule has 1 aliphatic heterocycles. The van der Waals surface area contributed by atoms with Gasteiger partial charge in [0.15, 0.2) is 0 Å². The first kappa shape index (κ1) is 11.4. The van der Waals surface area contributed by atoms with Gasteiger partial charge in [0.05, 0.1) is 11.3 Å². The number of fused-ring (bicyclic) bond motifs is 3. The number of benzene rings is 1. The largest absolute Gasteiger partial charge is 0.478 e. The second kappa shape index (κ2) is 4.21. The second-order valence-electron chi connectivity index (χ2n) is 4.34. The monoisotopic (exact) mass is 303 g/mol. The maximum Gasteiger partial charge on any atom is 0.337 e. The highest BCUT2D eigenvalue weighted by atomic mass is 79.9. The van der Waals surface area contributed by atoms with E-state index in [4.69, 9.17) is 5.11 Å². The summed E-state index contributed by atoms with van der Waals surface area (Å²) in [5.41, 5.74) is 1.83. The normalized spacial score (nSPS) is 24.2. The van der Waals surface area contributed by atoms with Crippen LogP contribution in [0.2, 0.25) is 0 Å². The molecule has 3 nitrogen and oxygen atoms in total. The summed E-state index contributed by atoms with van der Waals surface area (Å²) in [6.07, 6.45) is 8.00. The molecule has 0 amide bonds. The van der Waals surface area contributed by atoms with E-state index in [0.29, 0.717) is 5.69 Å². The van der Waals surface area contributed by atoms with Crippen LogP contribution < -0.4 is 0 Å². The topological polar surface area (TPSA) is 49.7 Å². The van der Waals surface area contributed by atoms with Gasteiger partial charge in [-0.2, -0.15) is 0 Å². The number of hydrogen-bond donors (Lipinski definition) is 1. The van der Waals surface area contributed by atoms with Crippen molar-refractivity contribution >= 4 is 33.8 Å². The number of aromatic carboxylic acids is 1. The van der Waals surface area contributed by atoms with Crippen molar-refractivity contribution < 1.29 is 9.90 Å². The number of para-hydroxylation sites is 1. The molecule has 0 bridgehead atoms. The fourth-order valence-corrected chi connectivity index (χ4v) is 2.88. The Morgan fingerprint density at radius 2 is 2.22 bits per heavy atom. The molecule has 18 heavy (non-hydrogen) atoms. The van der Waals surface area contributed by atoms with Gasteiger partial charge in [-0.1, -0.05) is 46.3 Å². The Kier molecular flexibility index (Phi) is 2.67. The van der Waals surface area contributed by atoms with Crippen LogP contribution in [0, 0.1) is 5.92 Å². The summed E-state index contributed by atoms with van der Waals surface area (Å²) in [5.74, 6) is -0.557. The summed E-state index contributed by atoms with van der Waals surface area (Å²) in [6, 6.07) is 5.33. The molecule has 2 aliphatic rings. The number of carboxylic acid groups (broad SMARTS) is 1. The van der Waals surface area contributed by atoms with E-state index in [1.165, 1.54) is 0 Å². The molecule has 3 rings (SSSR count). The molecular formula is C14H10BrNO2. The zero-order chi connectivity index (χ0) is 12.7. The predicted octanol–water partition coefficient (Wildman–Crippen LogP) is 3.65. The van der Waals surface area contributed by atoms with E-state index in [0.717, 1.165) is 10.0 Å². The van der Waals surface area contributed by atoms with Gasteiger partial charge in [0.1, 0.15) is 0 Å². The highest BCUT2D eigenvalue weighted by Gasteiger charge is 2.28. The number of hydrogen-bond acceptors (Lipinski definition) is 2. The molecule has 2 unspecified atom stereocenters. The smallest absolute Gasteiger partial charge is 0.337 e. The molecule has 1 heterocycles. The molecule has 4 heteroatoms. The van der Waals surface area contributed by atoms with Gasteiger partial charge in [-0.15, -0.1) is 0 Å². The van der Waals surface area contributed by atoms with Crippen molar-refractivity contribution in [2.24, 2.45) is 10.9 Å². The summed E-state index contributed by atoms with van der Waals surface area (Å²) >= 11 is 3.45. The summed E-state index contributed by atoms with van der Waals surface area (Å²) in [7, 11) is 0. The van der Waals surface area contributed by atoms with Gasteiger partial charge in [0.2, 0.25) is 0 Å². The molecule has 0 saturated heterocycles. The number of allylic oxidation sites excluding steroid dienone is 4. The molecule has 1 aromatic rings. The molecule has 0 fully saturated rings. The van der Waals surface area contributed by atoms with Gasteiger partial charge in [0, 0.05) is 22.5 Å². The van der Waals surface area contributed by atoms with Crippen molar-refractivity contribution in [1.82, 2.24) is 0 Å². The molecular weight excluding hydrogens is 294 g/mol.